The summed E-state index contributed by atoms with van der Waals surface area (Å²) < 4.78 is 2.21. The SMILES string of the molecule is CC(C)(O)c1ccccc1-n1c2ccccc2c2cnccc21. The van der Waals surface area contributed by atoms with Crippen LogP contribution in [0.15, 0.2) is 67.0 Å². The maximum atomic E-state index is 10.6. The molecule has 3 nitrogen and oxygen atoms in total. The Balaban J connectivity index is 2.18. The smallest absolute Gasteiger partial charge is 0.0860 e. The Hall–Kier alpha value is -2.65. The Morgan fingerprint density at radius 2 is 1.57 bits per heavy atom. The highest BCUT2D eigenvalue weighted by atomic mass is 16.3. The summed E-state index contributed by atoms with van der Waals surface area (Å²) in [5, 5.41) is 12.9. The number of para-hydroxylation sites is 2. The second-order valence-corrected chi connectivity index (χ2v) is 6.32. The van der Waals surface area contributed by atoms with E-state index in [1.807, 2.05) is 62.6 Å². The first-order chi connectivity index (χ1) is 11.1. The van der Waals surface area contributed by atoms with Crippen LogP contribution < -0.4 is 0 Å². The fourth-order valence-electron chi connectivity index (χ4n) is 3.26. The van der Waals surface area contributed by atoms with Crippen LogP contribution in [0, 0.1) is 0 Å². The van der Waals surface area contributed by atoms with Crippen LogP contribution in [0.5, 0.6) is 0 Å². The van der Waals surface area contributed by atoms with Crippen molar-refractivity contribution >= 4 is 21.8 Å². The number of nitrogens with zero attached hydrogens (tertiary/aromatic N) is 2. The molecule has 2 aromatic heterocycles. The van der Waals surface area contributed by atoms with Crippen molar-refractivity contribution in [1.29, 1.82) is 0 Å². The molecule has 1 N–H and O–H groups in total. The van der Waals surface area contributed by atoms with E-state index in [2.05, 4.69) is 27.8 Å². The van der Waals surface area contributed by atoms with Crippen LogP contribution in [0.3, 0.4) is 0 Å². The average Bonchev–Trinajstić information content (AvgIpc) is 2.88. The normalized spacial score (nSPS) is 12.1. The van der Waals surface area contributed by atoms with Gasteiger partial charge in [-0.25, -0.2) is 0 Å². The van der Waals surface area contributed by atoms with Crippen molar-refractivity contribution in [3.8, 4) is 5.69 Å². The molecular weight excluding hydrogens is 284 g/mol. The minimum atomic E-state index is -0.915. The van der Waals surface area contributed by atoms with Crippen molar-refractivity contribution in [3.63, 3.8) is 0 Å². The summed E-state index contributed by atoms with van der Waals surface area (Å²) in [4.78, 5) is 4.28. The van der Waals surface area contributed by atoms with E-state index in [9.17, 15) is 5.11 Å². The van der Waals surface area contributed by atoms with Gasteiger partial charge in [0.1, 0.15) is 0 Å². The highest BCUT2D eigenvalue weighted by Gasteiger charge is 2.22. The molecule has 0 bridgehead atoms. The molecule has 2 heterocycles. The first-order valence-electron chi connectivity index (χ1n) is 7.73. The maximum absolute atomic E-state index is 10.6. The van der Waals surface area contributed by atoms with E-state index in [-0.39, 0.29) is 0 Å². The largest absolute Gasteiger partial charge is 0.386 e. The number of aliphatic hydroxyl groups is 1. The molecule has 4 rings (SSSR count). The van der Waals surface area contributed by atoms with Gasteiger partial charge < -0.3 is 9.67 Å². The van der Waals surface area contributed by atoms with Crippen molar-refractivity contribution in [2.45, 2.75) is 19.4 Å². The van der Waals surface area contributed by atoms with E-state index in [0.717, 1.165) is 27.7 Å². The average molecular weight is 302 g/mol. The molecule has 4 aromatic rings. The van der Waals surface area contributed by atoms with Gasteiger partial charge in [0.25, 0.3) is 0 Å². The number of pyridine rings is 1. The Morgan fingerprint density at radius 1 is 0.870 bits per heavy atom. The minimum Gasteiger partial charge on any atom is -0.386 e. The Labute approximate surface area is 134 Å². The molecular formula is C20H18N2O. The monoisotopic (exact) mass is 302 g/mol. The quantitative estimate of drug-likeness (QED) is 0.596. The summed E-state index contributed by atoms with van der Waals surface area (Å²) in [5.74, 6) is 0. The number of hydrogen-bond donors (Lipinski definition) is 1. The third-order valence-corrected chi connectivity index (χ3v) is 4.28. The van der Waals surface area contributed by atoms with Gasteiger partial charge in [-0.15, -0.1) is 0 Å². The fourth-order valence-corrected chi connectivity index (χ4v) is 3.26. The van der Waals surface area contributed by atoms with E-state index in [1.54, 1.807) is 0 Å². The van der Waals surface area contributed by atoms with E-state index < -0.39 is 5.60 Å². The zero-order chi connectivity index (χ0) is 16.0. The molecule has 0 aliphatic rings. The summed E-state index contributed by atoms with van der Waals surface area (Å²) in [6.45, 7) is 3.64. The van der Waals surface area contributed by atoms with E-state index in [1.165, 1.54) is 5.39 Å². The molecule has 0 fully saturated rings. The fraction of sp³-hybridized carbons (Fsp3) is 0.150. The van der Waals surface area contributed by atoms with Crippen LogP contribution in [-0.2, 0) is 5.60 Å². The van der Waals surface area contributed by atoms with Gasteiger partial charge in [0.05, 0.1) is 22.3 Å². The molecule has 0 aliphatic carbocycles. The van der Waals surface area contributed by atoms with Crippen molar-refractivity contribution in [2.75, 3.05) is 0 Å². The van der Waals surface area contributed by atoms with Crippen molar-refractivity contribution in [3.05, 3.63) is 72.6 Å². The lowest BCUT2D eigenvalue weighted by Crippen LogP contribution is -2.18. The second kappa shape index (κ2) is 4.93. The summed E-state index contributed by atoms with van der Waals surface area (Å²) >= 11 is 0. The first kappa shape index (κ1) is 14.0. The van der Waals surface area contributed by atoms with Gasteiger partial charge in [0.2, 0.25) is 0 Å². The van der Waals surface area contributed by atoms with Crippen LogP contribution in [-0.4, -0.2) is 14.7 Å². The van der Waals surface area contributed by atoms with E-state index in [4.69, 9.17) is 0 Å². The molecule has 114 valence electrons. The van der Waals surface area contributed by atoms with Crippen LogP contribution in [0.2, 0.25) is 0 Å². The van der Waals surface area contributed by atoms with Crippen molar-refractivity contribution in [2.24, 2.45) is 0 Å². The number of hydrogen-bond acceptors (Lipinski definition) is 2. The molecule has 0 radical (unpaired) electrons. The molecule has 0 aliphatic heterocycles. The highest BCUT2D eigenvalue weighted by Crippen LogP contribution is 2.35. The first-order valence-corrected chi connectivity index (χ1v) is 7.73. The van der Waals surface area contributed by atoms with Gasteiger partial charge in [-0.1, -0.05) is 36.4 Å². The van der Waals surface area contributed by atoms with Gasteiger partial charge in [0.15, 0.2) is 0 Å². The zero-order valence-corrected chi connectivity index (χ0v) is 13.2. The molecule has 3 heteroatoms. The second-order valence-electron chi connectivity index (χ2n) is 6.32. The van der Waals surface area contributed by atoms with Gasteiger partial charge in [-0.2, -0.15) is 0 Å². The minimum absolute atomic E-state index is 0.902. The maximum Gasteiger partial charge on any atom is 0.0860 e. The van der Waals surface area contributed by atoms with Gasteiger partial charge in [-0.05, 0) is 32.0 Å². The molecule has 0 saturated heterocycles. The van der Waals surface area contributed by atoms with Gasteiger partial charge in [-0.3, -0.25) is 4.98 Å². The van der Waals surface area contributed by atoms with Crippen molar-refractivity contribution < 1.29 is 5.11 Å². The highest BCUT2D eigenvalue weighted by molar-refractivity contribution is 6.08. The van der Waals surface area contributed by atoms with Crippen molar-refractivity contribution in [1.82, 2.24) is 9.55 Å². The van der Waals surface area contributed by atoms with Crippen LogP contribution in [0.4, 0.5) is 0 Å². The summed E-state index contributed by atoms with van der Waals surface area (Å²) in [6, 6.07) is 18.3. The predicted octanol–water partition coefficient (Wildman–Crippen LogP) is 4.41. The molecule has 0 spiro atoms. The molecule has 0 amide bonds. The summed E-state index contributed by atoms with van der Waals surface area (Å²) in [5.41, 5.74) is 3.20. The zero-order valence-electron chi connectivity index (χ0n) is 13.2. The lowest BCUT2D eigenvalue weighted by atomic mass is 9.96. The molecule has 0 unspecified atom stereocenters. The lowest BCUT2D eigenvalue weighted by molar-refractivity contribution is 0.0786. The number of rotatable bonds is 2. The molecule has 23 heavy (non-hydrogen) atoms. The van der Waals surface area contributed by atoms with Gasteiger partial charge >= 0.3 is 0 Å². The third kappa shape index (κ3) is 2.13. The lowest BCUT2D eigenvalue weighted by Gasteiger charge is -2.23. The summed E-state index contributed by atoms with van der Waals surface area (Å²) in [7, 11) is 0. The van der Waals surface area contributed by atoms with Crippen LogP contribution in [0.25, 0.3) is 27.5 Å². The summed E-state index contributed by atoms with van der Waals surface area (Å²) in [6.07, 6.45) is 3.71. The Morgan fingerprint density at radius 3 is 2.39 bits per heavy atom. The topological polar surface area (TPSA) is 38.0 Å². The molecule has 0 saturated carbocycles. The molecule has 2 aromatic carbocycles. The number of benzene rings is 2. The standard InChI is InChI=1S/C20H18N2O/c1-20(2,23)16-8-4-6-10-19(16)22-17-9-5-3-7-14(17)15-13-21-12-11-18(15)22/h3-13,23H,1-2H3. The predicted molar refractivity (Wildman–Crippen MR) is 93.8 cm³/mol. The van der Waals surface area contributed by atoms with E-state index >= 15 is 0 Å². The van der Waals surface area contributed by atoms with Crippen LogP contribution in [0.1, 0.15) is 19.4 Å². The molecule has 0 atom stereocenters. The number of aromatic nitrogens is 2. The van der Waals surface area contributed by atoms with Gasteiger partial charge in [0, 0.05) is 28.7 Å². The Kier molecular flexibility index (Phi) is 3.00. The number of fused-ring (bicyclic) bond motifs is 3. The van der Waals surface area contributed by atoms with Crippen LogP contribution >= 0.6 is 0 Å². The Bertz CT molecular complexity index is 956. The third-order valence-electron chi connectivity index (χ3n) is 4.28. The van der Waals surface area contributed by atoms with E-state index in [0.29, 0.717) is 0 Å².